The number of nitrogens with two attached hydrogens (primary N) is 1. The van der Waals surface area contributed by atoms with Gasteiger partial charge in [-0.2, -0.15) is 0 Å². The fourth-order valence-electron chi connectivity index (χ4n) is 1.20. The molecule has 1 rings (SSSR count). The number of hydrogen-bond donors (Lipinski definition) is 3. The van der Waals surface area contributed by atoms with Crippen LogP contribution in [0.15, 0.2) is 24.3 Å². The Bertz CT molecular complexity index is 403. The van der Waals surface area contributed by atoms with Gasteiger partial charge in [-0.15, -0.1) is 0 Å². The van der Waals surface area contributed by atoms with Crippen LogP contribution < -0.4 is 11.1 Å². The maximum Gasteiger partial charge on any atom is 0.336 e. The first-order valence-electron chi connectivity index (χ1n) is 6.39. The molecule has 106 valence electrons. The number of carbonyl (C=O) groups is 2. The van der Waals surface area contributed by atoms with Crippen molar-refractivity contribution >= 4 is 11.9 Å². The number of amides is 1. The molecule has 19 heavy (non-hydrogen) atoms. The summed E-state index contributed by atoms with van der Waals surface area (Å²) in [7, 11) is 0. The average Bonchev–Trinajstić information content (AvgIpc) is 2.44. The van der Waals surface area contributed by atoms with Crippen molar-refractivity contribution in [2.75, 3.05) is 13.1 Å². The van der Waals surface area contributed by atoms with E-state index in [0.29, 0.717) is 6.54 Å². The molecule has 0 aliphatic heterocycles. The number of rotatable bonds is 5. The lowest BCUT2D eigenvalue weighted by Crippen LogP contribution is -2.25. The highest BCUT2D eigenvalue weighted by Crippen LogP contribution is 2.08. The van der Waals surface area contributed by atoms with Gasteiger partial charge in [-0.05, 0) is 31.5 Å². The predicted octanol–water partition coefficient (Wildman–Crippen LogP) is 1.88. The minimum atomic E-state index is -1.09. The molecule has 5 nitrogen and oxygen atoms in total. The Morgan fingerprint density at radius 1 is 1.16 bits per heavy atom. The van der Waals surface area contributed by atoms with E-state index in [1.807, 2.05) is 6.92 Å². The molecule has 0 saturated heterocycles. The first-order chi connectivity index (χ1) is 9.08. The van der Waals surface area contributed by atoms with E-state index in [-0.39, 0.29) is 17.0 Å². The third kappa shape index (κ3) is 6.57. The zero-order chi connectivity index (χ0) is 14.7. The molecule has 0 unspecified atom stereocenters. The Morgan fingerprint density at radius 3 is 2.11 bits per heavy atom. The van der Waals surface area contributed by atoms with Gasteiger partial charge in [0.25, 0.3) is 5.91 Å². The van der Waals surface area contributed by atoms with E-state index in [4.69, 9.17) is 10.8 Å². The molecule has 1 amide bonds. The lowest BCUT2D eigenvalue weighted by Gasteiger charge is -2.05. The van der Waals surface area contributed by atoms with Crippen LogP contribution in [-0.4, -0.2) is 30.1 Å². The Morgan fingerprint density at radius 2 is 1.68 bits per heavy atom. The zero-order valence-corrected chi connectivity index (χ0v) is 11.5. The Balaban J connectivity index is 0.000000711. The van der Waals surface area contributed by atoms with Gasteiger partial charge in [0.15, 0.2) is 0 Å². The van der Waals surface area contributed by atoms with Crippen LogP contribution in [0.2, 0.25) is 0 Å². The molecule has 0 radical (unpaired) electrons. The van der Waals surface area contributed by atoms with E-state index in [0.717, 1.165) is 19.4 Å². The fourth-order valence-corrected chi connectivity index (χ4v) is 1.20. The first kappa shape index (κ1) is 17.1. The summed E-state index contributed by atoms with van der Waals surface area (Å²) >= 11 is 0. The summed E-state index contributed by atoms with van der Waals surface area (Å²) in [6, 6.07) is 6.17. The topological polar surface area (TPSA) is 92.4 Å². The lowest BCUT2D eigenvalue weighted by atomic mass is 10.1. The van der Waals surface area contributed by atoms with Gasteiger partial charge in [0.2, 0.25) is 0 Å². The van der Waals surface area contributed by atoms with Crippen molar-refractivity contribution in [3.05, 3.63) is 35.4 Å². The molecule has 0 bridgehead atoms. The number of carboxylic acid groups (broad SMARTS) is 1. The molecule has 4 N–H and O–H groups in total. The van der Waals surface area contributed by atoms with E-state index >= 15 is 0 Å². The van der Waals surface area contributed by atoms with Gasteiger partial charge in [0.05, 0.1) is 11.1 Å². The Hall–Kier alpha value is -1.88. The van der Waals surface area contributed by atoms with Crippen molar-refractivity contribution in [3.8, 4) is 0 Å². The summed E-state index contributed by atoms with van der Waals surface area (Å²) < 4.78 is 0. The first-order valence-corrected chi connectivity index (χ1v) is 6.39. The van der Waals surface area contributed by atoms with E-state index in [1.54, 1.807) is 12.1 Å². The van der Waals surface area contributed by atoms with Gasteiger partial charge < -0.3 is 16.2 Å². The summed E-state index contributed by atoms with van der Waals surface area (Å²) in [5.74, 6) is -1.42. The van der Waals surface area contributed by atoms with Crippen molar-refractivity contribution in [3.63, 3.8) is 0 Å². The molecule has 5 heteroatoms. The third-order valence-corrected chi connectivity index (χ3v) is 2.23. The van der Waals surface area contributed by atoms with Crippen molar-refractivity contribution in [1.82, 2.24) is 5.32 Å². The second kappa shape index (κ2) is 10.1. The molecule has 0 aromatic heterocycles. The van der Waals surface area contributed by atoms with Gasteiger partial charge in [-0.1, -0.05) is 26.0 Å². The van der Waals surface area contributed by atoms with Crippen LogP contribution in [0.25, 0.3) is 0 Å². The highest BCUT2D eigenvalue weighted by molar-refractivity contribution is 6.04. The van der Waals surface area contributed by atoms with Gasteiger partial charge >= 0.3 is 5.97 Å². The number of hydrogen-bond acceptors (Lipinski definition) is 3. The molecule has 0 aliphatic carbocycles. The summed E-state index contributed by atoms with van der Waals surface area (Å²) in [6.07, 6.45) is 1.92. The SMILES string of the molecule is CCCN.CCCNC(=O)c1ccccc1C(=O)O. The van der Waals surface area contributed by atoms with Crippen molar-refractivity contribution < 1.29 is 14.7 Å². The summed E-state index contributed by atoms with van der Waals surface area (Å²) in [5, 5.41) is 11.5. The molecule has 0 saturated carbocycles. The number of carbonyl (C=O) groups excluding carboxylic acids is 1. The molecule has 1 aromatic carbocycles. The molecule has 1 aromatic rings. The van der Waals surface area contributed by atoms with Crippen LogP contribution in [0.4, 0.5) is 0 Å². The molecule has 0 heterocycles. The number of carboxylic acids is 1. The van der Waals surface area contributed by atoms with E-state index in [1.165, 1.54) is 12.1 Å². The van der Waals surface area contributed by atoms with Gasteiger partial charge in [0.1, 0.15) is 0 Å². The van der Waals surface area contributed by atoms with E-state index < -0.39 is 5.97 Å². The fraction of sp³-hybridized carbons (Fsp3) is 0.429. The minimum Gasteiger partial charge on any atom is -0.478 e. The predicted molar refractivity (Wildman–Crippen MR) is 75.4 cm³/mol. The largest absolute Gasteiger partial charge is 0.478 e. The third-order valence-electron chi connectivity index (χ3n) is 2.23. The van der Waals surface area contributed by atoms with E-state index in [2.05, 4.69) is 12.2 Å². The molecule has 0 aliphatic rings. The quantitative estimate of drug-likeness (QED) is 0.758. The van der Waals surface area contributed by atoms with Crippen molar-refractivity contribution in [2.24, 2.45) is 5.73 Å². The monoisotopic (exact) mass is 266 g/mol. The molecule has 0 atom stereocenters. The minimum absolute atomic E-state index is 0.0334. The van der Waals surface area contributed by atoms with Crippen LogP contribution in [-0.2, 0) is 0 Å². The van der Waals surface area contributed by atoms with Gasteiger partial charge in [-0.3, -0.25) is 4.79 Å². The Labute approximate surface area is 113 Å². The normalized spacial score (nSPS) is 9.21. The maximum absolute atomic E-state index is 11.6. The van der Waals surface area contributed by atoms with Crippen molar-refractivity contribution in [1.29, 1.82) is 0 Å². The summed E-state index contributed by atoms with van der Waals surface area (Å²) in [5.41, 5.74) is 5.27. The average molecular weight is 266 g/mol. The number of nitrogens with one attached hydrogen (secondary N) is 1. The lowest BCUT2D eigenvalue weighted by molar-refractivity contribution is 0.0691. The Kier molecular flexibility index (Phi) is 9.08. The second-order valence-corrected chi connectivity index (χ2v) is 3.90. The summed E-state index contributed by atoms with van der Waals surface area (Å²) in [6.45, 7) is 5.36. The zero-order valence-electron chi connectivity index (χ0n) is 11.5. The molecule has 0 spiro atoms. The van der Waals surface area contributed by atoms with Crippen LogP contribution in [0.3, 0.4) is 0 Å². The van der Waals surface area contributed by atoms with Crippen LogP contribution in [0.5, 0.6) is 0 Å². The number of aromatic carboxylic acids is 1. The van der Waals surface area contributed by atoms with Crippen LogP contribution >= 0.6 is 0 Å². The standard InChI is InChI=1S/C11H13NO3.C3H9N/c1-2-7-12-10(13)8-5-3-4-6-9(8)11(14)15;1-2-3-4/h3-6H,2,7H2,1H3,(H,12,13)(H,14,15);2-4H2,1H3. The molecular formula is C14H22N2O3. The molecule has 0 fully saturated rings. The second-order valence-electron chi connectivity index (χ2n) is 3.90. The van der Waals surface area contributed by atoms with Gasteiger partial charge in [0, 0.05) is 6.54 Å². The summed E-state index contributed by atoms with van der Waals surface area (Å²) in [4.78, 5) is 22.4. The number of benzene rings is 1. The van der Waals surface area contributed by atoms with Crippen molar-refractivity contribution in [2.45, 2.75) is 26.7 Å². The molecular weight excluding hydrogens is 244 g/mol. The van der Waals surface area contributed by atoms with E-state index in [9.17, 15) is 9.59 Å². The maximum atomic E-state index is 11.6. The van der Waals surface area contributed by atoms with Crippen LogP contribution in [0, 0.1) is 0 Å². The van der Waals surface area contributed by atoms with Gasteiger partial charge in [-0.25, -0.2) is 4.79 Å². The van der Waals surface area contributed by atoms with Crippen LogP contribution in [0.1, 0.15) is 47.4 Å². The smallest absolute Gasteiger partial charge is 0.336 e. The highest BCUT2D eigenvalue weighted by atomic mass is 16.4. The highest BCUT2D eigenvalue weighted by Gasteiger charge is 2.14.